The molecule has 0 fully saturated rings. The van der Waals surface area contributed by atoms with E-state index in [1.807, 2.05) is 0 Å². The monoisotopic (exact) mass is 250 g/mol. The third-order valence-electron chi connectivity index (χ3n) is 2.48. The maximum absolute atomic E-state index is 9.38. The molecular formula is C12H14N2O4. The maximum Gasteiger partial charge on any atom is 0.227 e. The predicted molar refractivity (Wildman–Crippen MR) is 63.1 cm³/mol. The van der Waals surface area contributed by atoms with Gasteiger partial charge in [-0.15, -0.1) is 0 Å². The van der Waals surface area contributed by atoms with Crippen LogP contribution in [0.15, 0.2) is 22.7 Å². The number of aliphatic hydroxyl groups excluding tert-OH is 1. The van der Waals surface area contributed by atoms with Crippen molar-refractivity contribution < 1.29 is 19.8 Å². The SMILES string of the molecule is CC(O)CCc1nc(-c2ccc(O)c(O)c2)no1. The first-order valence-electron chi connectivity index (χ1n) is 5.59. The number of benzene rings is 1. The molecule has 1 atom stereocenters. The minimum atomic E-state index is -0.418. The Morgan fingerprint density at radius 2 is 2.06 bits per heavy atom. The molecule has 0 aliphatic rings. The zero-order valence-corrected chi connectivity index (χ0v) is 9.87. The smallest absolute Gasteiger partial charge is 0.227 e. The molecule has 0 bridgehead atoms. The molecule has 1 aromatic carbocycles. The van der Waals surface area contributed by atoms with E-state index in [4.69, 9.17) is 9.63 Å². The van der Waals surface area contributed by atoms with Gasteiger partial charge in [-0.3, -0.25) is 0 Å². The van der Waals surface area contributed by atoms with Gasteiger partial charge in [0.25, 0.3) is 0 Å². The van der Waals surface area contributed by atoms with Gasteiger partial charge in [-0.1, -0.05) is 5.16 Å². The van der Waals surface area contributed by atoms with E-state index < -0.39 is 6.10 Å². The molecule has 0 amide bonds. The van der Waals surface area contributed by atoms with Crippen molar-refractivity contribution in [1.82, 2.24) is 10.1 Å². The molecule has 2 rings (SSSR count). The van der Waals surface area contributed by atoms with E-state index in [-0.39, 0.29) is 11.5 Å². The highest BCUT2D eigenvalue weighted by molar-refractivity contribution is 5.59. The topological polar surface area (TPSA) is 99.6 Å². The van der Waals surface area contributed by atoms with Crippen molar-refractivity contribution in [2.45, 2.75) is 25.9 Å². The van der Waals surface area contributed by atoms with Crippen LogP contribution in [0.5, 0.6) is 11.5 Å². The largest absolute Gasteiger partial charge is 0.504 e. The third kappa shape index (κ3) is 2.78. The summed E-state index contributed by atoms with van der Waals surface area (Å²) in [6.45, 7) is 1.69. The second kappa shape index (κ2) is 5.05. The lowest BCUT2D eigenvalue weighted by molar-refractivity contribution is 0.180. The average molecular weight is 250 g/mol. The number of phenols is 2. The van der Waals surface area contributed by atoms with Gasteiger partial charge in [0.15, 0.2) is 11.5 Å². The molecule has 0 saturated heterocycles. The number of hydrogen-bond donors (Lipinski definition) is 3. The molecule has 0 aliphatic carbocycles. The van der Waals surface area contributed by atoms with E-state index in [2.05, 4.69) is 10.1 Å². The molecule has 2 aromatic rings. The molecule has 1 unspecified atom stereocenters. The van der Waals surface area contributed by atoms with Crippen molar-refractivity contribution in [2.75, 3.05) is 0 Å². The van der Waals surface area contributed by atoms with Crippen LogP contribution in [-0.4, -0.2) is 31.6 Å². The van der Waals surface area contributed by atoms with Crippen LogP contribution in [0, 0.1) is 0 Å². The van der Waals surface area contributed by atoms with E-state index >= 15 is 0 Å². The Bertz CT molecular complexity index is 537. The van der Waals surface area contributed by atoms with E-state index in [0.717, 1.165) is 0 Å². The van der Waals surface area contributed by atoms with Crippen LogP contribution >= 0.6 is 0 Å². The van der Waals surface area contributed by atoms with Crippen LogP contribution in [-0.2, 0) is 6.42 Å². The molecule has 0 aliphatic heterocycles. The van der Waals surface area contributed by atoms with E-state index in [1.54, 1.807) is 13.0 Å². The van der Waals surface area contributed by atoms with Gasteiger partial charge < -0.3 is 19.8 Å². The van der Waals surface area contributed by atoms with Gasteiger partial charge in [-0.25, -0.2) is 0 Å². The second-order valence-electron chi connectivity index (χ2n) is 4.10. The highest BCUT2D eigenvalue weighted by Gasteiger charge is 2.11. The number of aliphatic hydroxyl groups is 1. The molecule has 18 heavy (non-hydrogen) atoms. The molecule has 3 N–H and O–H groups in total. The van der Waals surface area contributed by atoms with E-state index in [1.165, 1.54) is 12.1 Å². The molecule has 1 heterocycles. The van der Waals surface area contributed by atoms with Gasteiger partial charge in [-0.05, 0) is 31.5 Å². The molecule has 96 valence electrons. The molecule has 6 nitrogen and oxygen atoms in total. The summed E-state index contributed by atoms with van der Waals surface area (Å²) in [5.41, 5.74) is 0.553. The first-order valence-corrected chi connectivity index (χ1v) is 5.59. The lowest BCUT2D eigenvalue weighted by Crippen LogP contribution is -2.01. The van der Waals surface area contributed by atoms with Crippen molar-refractivity contribution in [3.05, 3.63) is 24.1 Å². The van der Waals surface area contributed by atoms with Crippen molar-refractivity contribution >= 4 is 0 Å². The van der Waals surface area contributed by atoms with Crippen LogP contribution < -0.4 is 0 Å². The normalized spacial score (nSPS) is 12.6. The number of phenolic OH excluding ortho intramolecular Hbond substituents is 2. The number of nitrogens with zero attached hydrogens (tertiary/aromatic N) is 2. The summed E-state index contributed by atoms with van der Waals surface area (Å²) >= 11 is 0. The standard InChI is InChI=1S/C12H14N2O4/c1-7(15)2-5-11-13-12(14-18-11)8-3-4-9(16)10(17)6-8/h3-4,6-7,15-17H,2,5H2,1H3. The lowest BCUT2D eigenvalue weighted by atomic mass is 10.2. The summed E-state index contributed by atoms with van der Waals surface area (Å²) in [6.07, 6.45) is 0.620. The van der Waals surface area contributed by atoms with Gasteiger partial charge in [0.1, 0.15) is 0 Å². The third-order valence-corrected chi connectivity index (χ3v) is 2.48. The van der Waals surface area contributed by atoms with Gasteiger partial charge in [0.2, 0.25) is 11.7 Å². The van der Waals surface area contributed by atoms with Gasteiger partial charge in [-0.2, -0.15) is 4.98 Å². The Balaban J connectivity index is 2.16. The van der Waals surface area contributed by atoms with Crippen molar-refractivity contribution in [3.8, 4) is 22.9 Å². The fourth-order valence-corrected chi connectivity index (χ4v) is 1.47. The fourth-order valence-electron chi connectivity index (χ4n) is 1.47. The first kappa shape index (κ1) is 12.4. The molecule has 6 heteroatoms. The summed E-state index contributed by atoms with van der Waals surface area (Å²) in [6, 6.07) is 4.30. The minimum absolute atomic E-state index is 0.198. The molecule has 0 saturated carbocycles. The van der Waals surface area contributed by atoms with Crippen molar-refractivity contribution in [3.63, 3.8) is 0 Å². The molecule has 0 spiro atoms. The number of aromatic hydroxyl groups is 2. The van der Waals surface area contributed by atoms with Crippen molar-refractivity contribution in [2.24, 2.45) is 0 Å². The van der Waals surface area contributed by atoms with E-state index in [0.29, 0.717) is 30.1 Å². The Kier molecular flexibility index (Phi) is 3.47. The zero-order chi connectivity index (χ0) is 13.1. The Morgan fingerprint density at radius 1 is 1.28 bits per heavy atom. The highest BCUT2D eigenvalue weighted by atomic mass is 16.5. The Morgan fingerprint density at radius 3 is 2.72 bits per heavy atom. The molecule has 1 aromatic heterocycles. The minimum Gasteiger partial charge on any atom is -0.504 e. The highest BCUT2D eigenvalue weighted by Crippen LogP contribution is 2.29. The van der Waals surface area contributed by atoms with E-state index in [9.17, 15) is 10.2 Å². The number of rotatable bonds is 4. The van der Waals surface area contributed by atoms with Gasteiger partial charge in [0.05, 0.1) is 6.10 Å². The lowest BCUT2D eigenvalue weighted by Gasteiger charge is -1.99. The number of aryl methyl sites for hydroxylation is 1. The Hall–Kier alpha value is -2.08. The summed E-state index contributed by atoms with van der Waals surface area (Å²) in [4.78, 5) is 4.14. The van der Waals surface area contributed by atoms with Crippen LogP contribution in [0.4, 0.5) is 0 Å². The van der Waals surface area contributed by atoms with Crippen LogP contribution in [0.25, 0.3) is 11.4 Å². The number of hydrogen-bond acceptors (Lipinski definition) is 6. The van der Waals surface area contributed by atoms with Gasteiger partial charge in [0, 0.05) is 12.0 Å². The molecular weight excluding hydrogens is 236 g/mol. The zero-order valence-electron chi connectivity index (χ0n) is 9.87. The quantitative estimate of drug-likeness (QED) is 0.710. The Labute approximate surface area is 104 Å². The second-order valence-corrected chi connectivity index (χ2v) is 4.10. The maximum atomic E-state index is 9.38. The summed E-state index contributed by atoms with van der Waals surface area (Å²) in [7, 11) is 0. The average Bonchev–Trinajstić information content (AvgIpc) is 2.79. The van der Waals surface area contributed by atoms with Gasteiger partial charge >= 0.3 is 0 Å². The van der Waals surface area contributed by atoms with Crippen LogP contribution in [0.2, 0.25) is 0 Å². The summed E-state index contributed by atoms with van der Waals surface area (Å²) in [5.74, 6) is 0.337. The fraction of sp³-hybridized carbons (Fsp3) is 0.333. The summed E-state index contributed by atoms with van der Waals surface area (Å²) < 4.78 is 5.02. The predicted octanol–water partition coefficient (Wildman–Crippen LogP) is 1.46. The van der Waals surface area contributed by atoms with Crippen LogP contribution in [0.3, 0.4) is 0 Å². The summed E-state index contributed by atoms with van der Waals surface area (Å²) in [5, 5.41) is 31.5. The number of aromatic nitrogens is 2. The van der Waals surface area contributed by atoms with Crippen molar-refractivity contribution in [1.29, 1.82) is 0 Å². The van der Waals surface area contributed by atoms with Crippen LogP contribution in [0.1, 0.15) is 19.2 Å². The molecule has 0 radical (unpaired) electrons. The first-order chi connectivity index (χ1) is 8.56.